The molecule has 2 nitrogen and oxygen atoms in total. The summed E-state index contributed by atoms with van der Waals surface area (Å²) < 4.78 is 0. The van der Waals surface area contributed by atoms with Crippen LogP contribution in [-0.4, -0.2) is 0 Å². The minimum Gasteiger partial charge on any atom is -0.310 e. The van der Waals surface area contributed by atoms with Gasteiger partial charge in [0.1, 0.15) is 0 Å². The molecule has 0 saturated heterocycles. The van der Waals surface area contributed by atoms with E-state index in [1.54, 1.807) is 0 Å². The molecule has 9 aromatic carbocycles. The molecule has 0 fully saturated rings. The van der Waals surface area contributed by atoms with Crippen LogP contribution < -0.4 is 9.80 Å². The van der Waals surface area contributed by atoms with Gasteiger partial charge in [0, 0.05) is 38.9 Å². The molecule has 0 amide bonds. The molecular weight excluding hydrogens is 713 g/mol. The fraction of sp³-hybridized carbons (Fsp3) is 0.0526. The van der Waals surface area contributed by atoms with Gasteiger partial charge in [0.2, 0.25) is 0 Å². The van der Waals surface area contributed by atoms with E-state index >= 15 is 0 Å². The SMILES string of the molecule is CC1(c2cc(N(c3ccccc3)c3cccc4ccccc34)ccc2-c2ccc(-c3ccc(N(c4ccccc4)c4cccc5ccccc45)cc3)cc2)C=CC=CC1. The van der Waals surface area contributed by atoms with Crippen molar-refractivity contribution in [3.05, 3.63) is 242 Å². The normalized spacial score (nSPS) is 14.7. The Labute approximate surface area is 347 Å². The minimum atomic E-state index is -0.176. The molecule has 0 aliphatic heterocycles. The molecular formula is C57H44N2. The van der Waals surface area contributed by atoms with E-state index < -0.39 is 0 Å². The van der Waals surface area contributed by atoms with Gasteiger partial charge in [0.25, 0.3) is 0 Å². The first-order chi connectivity index (χ1) is 29.1. The van der Waals surface area contributed by atoms with Crippen molar-refractivity contribution in [2.45, 2.75) is 18.8 Å². The van der Waals surface area contributed by atoms with Crippen LogP contribution in [0.5, 0.6) is 0 Å². The van der Waals surface area contributed by atoms with Crippen LogP contribution in [0.25, 0.3) is 43.8 Å². The molecule has 9 aromatic rings. The zero-order valence-electron chi connectivity index (χ0n) is 33.1. The lowest BCUT2D eigenvalue weighted by molar-refractivity contribution is 0.601. The predicted octanol–water partition coefficient (Wildman–Crippen LogP) is 16.0. The lowest BCUT2D eigenvalue weighted by atomic mass is 9.74. The summed E-state index contributed by atoms with van der Waals surface area (Å²) in [6, 6.07) is 77.0. The maximum Gasteiger partial charge on any atom is 0.0540 e. The van der Waals surface area contributed by atoms with E-state index in [1.807, 2.05) is 0 Å². The van der Waals surface area contributed by atoms with Crippen LogP contribution in [0.2, 0.25) is 0 Å². The van der Waals surface area contributed by atoms with Crippen molar-refractivity contribution in [3.8, 4) is 22.3 Å². The molecule has 0 heterocycles. The Bertz CT molecular complexity index is 2950. The van der Waals surface area contributed by atoms with Crippen molar-refractivity contribution in [3.63, 3.8) is 0 Å². The van der Waals surface area contributed by atoms with Gasteiger partial charge in [-0.25, -0.2) is 0 Å². The molecule has 0 bridgehead atoms. The molecule has 282 valence electrons. The summed E-state index contributed by atoms with van der Waals surface area (Å²) in [7, 11) is 0. The van der Waals surface area contributed by atoms with Gasteiger partial charge < -0.3 is 9.80 Å². The lowest BCUT2D eigenvalue weighted by Crippen LogP contribution is -2.21. The third kappa shape index (κ3) is 6.89. The van der Waals surface area contributed by atoms with Gasteiger partial charge in [-0.2, -0.15) is 0 Å². The highest BCUT2D eigenvalue weighted by atomic mass is 15.1. The fourth-order valence-electron chi connectivity index (χ4n) is 8.78. The van der Waals surface area contributed by atoms with Crippen molar-refractivity contribution >= 4 is 55.7 Å². The van der Waals surface area contributed by atoms with E-state index in [2.05, 4.69) is 253 Å². The third-order valence-corrected chi connectivity index (χ3v) is 11.8. The summed E-state index contributed by atoms with van der Waals surface area (Å²) in [6.45, 7) is 2.37. The van der Waals surface area contributed by atoms with Crippen LogP contribution in [-0.2, 0) is 5.41 Å². The zero-order valence-corrected chi connectivity index (χ0v) is 33.1. The number of nitrogens with zero attached hydrogens (tertiary/aromatic N) is 2. The molecule has 0 spiro atoms. The van der Waals surface area contributed by atoms with Crippen molar-refractivity contribution < 1.29 is 0 Å². The Morgan fingerprint density at radius 2 is 0.847 bits per heavy atom. The van der Waals surface area contributed by atoms with Crippen LogP contribution in [0.15, 0.2) is 237 Å². The molecule has 0 N–H and O–H groups in total. The van der Waals surface area contributed by atoms with Gasteiger partial charge in [-0.05, 0) is 106 Å². The summed E-state index contributed by atoms with van der Waals surface area (Å²) in [5.41, 5.74) is 12.8. The van der Waals surface area contributed by atoms with Gasteiger partial charge in [-0.3, -0.25) is 0 Å². The van der Waals surface area contributed by atoms with E-state index in [9.17, 15) is 0 Å². The molecule has 0 saturated carbocycles. The van der Waals surface area contributed by atoms with E-state index in [1.165, 1.54) is 49.4 Å². The van der Waals surface area contributed by atoms with Gasteiger partial charge in [-0.1, -0.05) is 183 Å². The number of hydrogen-bond acceptors (Lipinski definition) is 2. The molecule has 1 unspecified atom stereocenters. The summed E-state index contributed by atoms with van der Waals surface area (Å²) >= 11 is 0. The number of fused-ring (bicyclic) bond motifs is 2. The summed E-state index contributed by atoms with van der Waals surface area (Å²) in [6.07, 6.45) is 9.96. The van der Waals surface area contributed by atoms with E-state index in [0.717, 1.165) is 40.5 Å². The maximum atomic E-state index is 2.43. The van der Waals surface area contributed by atoms with Crippen LogP contribution in [0.4, 0.5) is 34.1 Å². The smallest absolute Gasteiger partial charge is 0.0540 e. The topological polar surface area (TPSA) is 6.48 Å². The summed E-state index contributed by atoms with van der Waals surface area (Å²) in [4.78, 5) is 4.77. The number of rotatable bonds is 9. The van der Waals surface area contributed by atoms with E-state index in [4.69, 9.17) is 0 Å². The Hall–Kier alpha value is -7.42. The van der Waals surface area contributed by atoms with E-state index in [0.29, 0.717) is 0 Å². The largest absolute Gasteiger partial charge is 0.310 e. The molecule has 1 aliphatic carbocycles. The van der Waals surface area contributed by atoms with Crippen LogP contribution in [0.1, 0.15) is 18.9 Å². The number of para-hydroxylation sites is 2. The Balaban J connectivity index is 1.02. The molecule has 0 aromatic heterocycles. The van der Waals surface area contributed by atoms with Gasteiger partial charge in [0.05, 0.1) is 11.4 Å². The molecule has 59 heavy (non-hydrogen) atoms. The van der Waals surface area contributed by atoms with Crippen molar-refractivity contribution in [2.24, 2.45) is 0 Å². The second kappa shape index (κ2) is 15.5. The van der Waals surface area contributed by atoms with Gasteiger partial charge >= 0.3 is 0 Å². The zero-order chi connectivity index (χ0) is 39.6. The first kappa shape index (κ1) is 36.0. The van der Waals surface area contributed by atoms with E-state index in [-0.39, 0.29) is 5.41 Å². The van der Waals surface area contributed by atoms with Gasteiger partial charge in [-0.15, -0.1) is 0 Å². The predicted molar refractivity (Wildman–Crippen MR) is 252 cm³/mol. The minimum absolute atomic E-state index is 0.176. The number of allylic oxidation sites excluding steroid dienone is 4. The van der Waals surface area contributed by atoms with Gasteiger partial charge in [0.15, 0.2) is 0 Å². The number of benzene rings is 9. The molecule has 2 heteroatoms. The summed E-state index contributed by atoms with van der Waals surface area (Å²) in [5.74, 6) is 0. The Kier molecular flexibility index (Phi) is 9.44. The highest BCUT2D eigenvalue weighted by Gasteiger charge is 2.29. The third-order valence-electron chi connectivity index (χ3n) is 11.8. The van der Waals surface area contributed by atoms with Crippen LogP contribution in [0.3, 0.4) is 0 Å². The Morgan fingerprint density at radius 3 is 1.41 bits per heavy atom. The second-order valence-corrected chi connectivity index (χ2v) is 15.6. The Morgan fingerprint density at radius 1 is 0.390 bits per heavy atom. The molecule has 0 radical (unpaired) electrons. The average Bonchev–Trinajstić information content (AvgIpc) is 3.31. The van der Waals surface area contributed by atoms with Crippen molar-refractivity contribution in [1.82, 2.24) is 0 Å². The van der Waals surface area contributed by atoms with Crippen molar-refractivity contribution in [1.29, 1.82) is 0 Å². The molecule has 1 aliphatic rings. The summed E-state index contributed by atoms with van der Waals surface area (Å²) in [5, 5.41) is 4.90. The highest BCUT2D eigenvalue weighted by molar-refractivity contribution is 6.00. The fourth-order valence-corrected chi connectivity index (χ4v) is 8.78. The molecule has 1 atom stereocenters. The monoisotopic (exact) mass is 756 g/mol. The maximum absolute atomic E-state index is 2.43. The second-order valence-electron chi connectivity index (χ2n) is 15.6. The first-order valence-corrected chi connectivity index (χ1v) is 20.5. The number of hydrogen-bond donors (Lipinski definition) is 0. The van der Waals surface area contributed by atoms with Crippen LogP contribution >= 0.6 is 0 Å². The van der Waals surface area contributed by atoms with Crippen molar-refractivity contribution in [2.75, 3.05) is 9.80 Å². The quantitative estimate of drug-likeness (QED) is 0.145. The highest BCUT2D eigenvalue weighted by Crippen LogP contribution is 2.45. The average molecular weight is 757 g/mol. The first-order valence-electron chi connectivity index (χ1n) is 20.5. The lowest BCUT2D eigenvalue weighted by Gasteiger charge is -2.33. The molecule has 10 rings (SSSR count). The standard InChI is InChI=1S/C57H44N2/c1-57(39-13-4-14-40-57)54-41-50(59(48-23-7-3-8-24-48)56-28-16-20-45-18-10-12-26-53(45)56)37-38-51(54)46-31-29-42(30-32-46)43-33-35-49(36-34-43)58(47-21-5-2-6-22-47)55-27-15-19-44-17-9-11-25-52(44)55/h2-39,41H,40H2,1H3. The van der Waals surface area contributed by atoms with Crippen LogP contribution in [0, 0.1) is 0 Å². The number of anilines is 6.